The molecule has 4 unspecified atom stereocenters. The van der Waals surface area contributed by atoms with Gasteiger partial charge in [-0.3, -0.25) is 0 Å². The maximum Gasteiger partial charge on any atom is 0.0512 e. The third kappa shape index (κ3) is 8.93. The van der Waals surface area contributed by atoms with E-state index in [0.29, 0.717) is 0 Å². The molecule has 0 saturated carbocycles. The highest BCUT2D eigenvalue weighted by atomic mass is 16.3. The van der Waals surface area contributed by atoms with Crippen molar-refractivity contribution < 1.29 is 10.2 Å². The van der Waals surface area contributed by atoms with Gasteiger partial charge in [0.25, 0.3) is 0 Å². The highest BCUT2D eigenvalue weighted by Gasteiger charge is 2.18. The van der Waals surface area contributed by atoms with Crippen LogP contribution in [0.3, 0.4) is 0 Å². The molecule has 0 aromatic carbocycles. The molecule has 0 heterocycles. The van der Waals surface area contributed by atoms with Crippen LogP contribution in [0.15, 0.2) is 0 Å². The molecule has 0 fully saturated rings. The van der Waals surface area contributed by atoms with Crippen molar-refractivity contribution in [3.63, 3.8) is 0 Å². The van der Waals surface area contributed by atoms with E-state index in [9.17, 15) is 10.2 Å². The molecule has 2 N–H and O–H groups in total. The Bertz CT molecular complexity index is 158. The Morgan fingerprint density at radius 2 is 1.00 bits per heavy atom. The summed E-state index contributed by atoms with van der Waals surface area (Å²) < 4.78 is 0. The zero-order chi connectivity index (χ0) is 14.0. The average Bonchev–Trinajstić information content (AvgIpc) is 2.30. The summed E-state index contributed by atoms with van der Waals surface area (Å²) in [4.78, 5) is 0. The molecule has 0 spiro atoms. The number of hydrogen-bond donors (Lipinski definition) is 2. The lowest BCUT2D eigenvalue weighted by molar-refractivity contribution is 0.164. The van der Waals surface area contributed by atoms with Gasteiger partial charge in [0, 0.05) is 0 Å². The van der Waals surface area contributed by atoms with Gasteiger partial charge in [0.2, 0.25) is 0 Å². The average molecular weight is 258 g/mol. The fourth-order valence-corrected chi connectivity index (χ4v) is 2.90. The molecule has 2 nitrogen and oxygen atoms in total. The van der Waals surface area contributed by atoms with Crippen LogP contribution in [-0.2, 0) is 0 Å². The summed E-state index contributed by atoms with van der Waals surface area (Å²) in [5.74, 6) is 1.59. The first-order valence-corrected chi connectivity index (χ1v) is 7.87. The van der Waals surface area contributed by atoms with Gasteiger partial charge >= 0.3 is 0 Å². The molecule has 0 rings (SSSR count). The molecule has 4 atom stereocenters. The van der Waals surface area contributed by atoms with Crippen molar-refractivity contribution >= 4 is 0 Å². The van der Waals surface area contributed by atoms with Gasteiger partial charge in [0.05, 0.1) is 12.2 Å². The van der Waals surface area contributed by atoms with E-state index in [0.717, 1.165) is 37.5 Å². The molecule has 0 amide bonds. The van der Waals surface area contributed by atoms with Crippen molar-refractivity contribution in [2.45, 2.75) is 91.3 Å². The molecule has 0 bridgehead atoms. The summed E-state index contributed by atoms with van der Waals surface area (Å²) in [7, 11) is 0. The highest BCUT2D eigenvalue weighted by molar-refractivity contribution is 4.69. The second-order valence-corrected chi connectivity index (χ2v) is 5.90. The normalized spacial score (nSPS) is 18.3. The Hall–Kier alpha value is -0.0800. The summed E-state index contributed by atoms with van der Waals surface area (Å²) in [5, 5.41) is 18.6. The number of hydrogen-bond acceptors (Lipinski definition) is 2. The van der Waals surface area contributed by atoms with Gasteiger partial charge in [-0.15, -0.1) is 0 Å². The maximum atomic E-state index is 9.31. The molecular weight excluding hydrogens is 224 g/mol. The van der Waals surface area contributed by atoms with Crippen molar-refractivity contribution in [3.05, 3.63) is 0 Å². The zero-order valence-electron chi connectivity index (χ0n) is 12.9. The topological polar surface area (TPSA) is 40.5 Å². The lowest BCUT2D eigenvalue weighted by atomic mass is 9.81. The Morgan fingerprint density at radius 3 is 1.22 bits per heavy atom. The van der Waals surface area contributed by atoms with Crippen molar-refractivity contribution in [1.82, 2.24) is 0 Å². The fraction of sp³-hybridized carbons (Fsp3) is 1.00. The van der Waals surface area contributed by atoms with Crippen molar-refractivity contribution in [1.29, 1.82) is 0 Å². The molecule has 0 aliphatic carbocycles. The molecule has 0 aromatic rings. The van der Waals surface area contributed by atoms with Crippen molar-refractivity contribution in [2.24, 2.45) is 11.8 Å². The van der Waals surface area contributed by atoms with Gasteiger partial charge in [-0.25, -0.2) is 0 Å². The van der Waals surface area contributed by atoms with Gasteiger partial charge in [-0.05, 0) is 38.5 Å². The van der Waals surface area contributed by atoms with Crippen molar-refractivity contribution in [2.75, 3.05) is 0 Å². The summed E-state index contributed by atoms with van der Waals surface area (Å²) >= 11 is 0. The molecule has 0 aliphatic heterocycles. The number of aliphatic hydroxyl groups is 2. The van der Waals surface area contributed by atoms with Crippen LogP contribution >= 0.6 is 0 Å². The minimum atomic E-state index is -0.155. The van der Waals surface area contributed by atoms with Crippen LogP contribution in [0.5, 0.6) is 0 Å². The van der Waals surface area contributed by atoms with Crippen LogP contribution in [0.2, 0.25) is 0 Å². The minimum absolute atomic E-state index is 0.155. The molecule has 18 heavy (non-hydrogen) atoms. The van der Waals surface area contributed by atoms with Crippen molar-refractivity contribution in [3.8, 4) is 0 Å². The molecule has 0 radical (unpaired) electrons. The Morgan fingerprint density at radius 1 is 0.667 bits per heavy atom. The van der Waals surface area contributed by atoms with Crippen LogP contribution in [0, 0.1) is 11.8 Å². The third-order valence-electron chi connectivity index (χ3n) is 4.11. The Balaban J connectivity index is 3.97. The number of aliphatic hydroxyl groups excluding tert-OH is 2. The van der Waals surface area contributed by atoms with E-state index >= 15 is 0 Å². The first kappa shape index (κ1) is 17.9. The minimum Gasteiger partial charge on any atom is -0.393 e. The first-order valence-electron chi connectivity index (χ1n) is 7.87. The van der Waals surface area contributed by atoms with E-state index in [4.69, 9.17) is 0 Å². The predicted molar refractivity (Wildman–Crippen MR) is 78.6 cm³/mol. The summed E-state index contributed by atoms with van der Waals surface area (Å²) in [6, 6.07) is 0. The van der Waals surface area contributed by atoms with E-state index in [1.807, 2.05) is 13.8 Å². The smallest absolute Gasteiger partial charge is 0.0512 e. The molecule has 0 saturated heterocycles. The van der Waals surface area contributed by atoms with Crippen LogP contribution < -0.4 is 0 Å². The zero-order valence-corrected chi connectivity index (χ0v) is 12.9. The largest absolute Gasteiger partial charge is 0.393 e. The maximum absolute atomic E-state index is 9.31. The molecule has 2 heteroatoms. The van der Waals surface area contributed by atoms with E-state index in [1.165, 1.54) is 25.7 Å². The van der Waals surface area contributed by atoms with E-state index in [1.54, 1.807) is 0 Å². The summed E-state index contributed by atoms with van der Waals surface area (Å²) in [6.45, 7) is 8.32. The molecule has 110 valence electrons. The van der Waals surface area contributed by atoms with Crippen LogP contribution in [0.1, 0.15) is 79.1 Å². The second kappa shape index (κ2) is 10.8. The first-order chi connectivity index (χ1) is 8.51. The van der Waals surface area contributed by atoms with Gasteiger partial charge in [0.1, 0.15) is 0 Å². The summed E-state index contributed by atoms with van der Waals surface area (Å²) in [6.07, 6.45) is 8.81. The number of rotatable bonds is 11. The van der Waals surface area contributed by atoms with Gasteiger partial charge in [-0.1, -0.05) is 52.4 Å². The van der Waals surface area contributed by atoms with E-state index in [-0.39, 0.29) is 12.2 Å². The van der Waals surface area contributed by atoms with Gasteiger partial charge < -0.3 is 10.2 Å². The third-order valence-corrected chi connectivity index (χ3v) is 4.11. The Labute approximate surface area is 114 Å². The quantitative estimate of drug-likeness (QED) is 0.584. The lowest BCUT2D eigenvalue weighted by Gasteiger charge is -2.25. The lowest BCUT2D eigenvalue weighted by Crippen LogP contribution is -2.15. The summed E-state index contributed by atoms with van der Waals surface area (Å²) in [5.41, 5.74) is 0. The van der Waals surface area contributed by atoms with Crippen LogP contribution in [0.25, 0.3) is 0 Å². The second-order valence-electron chi connectivity index (χ2n) is 5.90. The predicted octanol–water partition coefficient (Wildman–Crippen LogP) is 4.14. The Kier molecular flexibility index (Phi) is 10.8. The molecular formula is C16H34O2. The van der Waals surface area contributed by atoms with Crippen LogP contribution in [-0.4, -0.2) is 22.4 Å². The SMILES string of the molecule is CCC(CCCC(C)O)C(CC)CCCC(C)O. The van der Waals surface area contributed by atoms with E-state index < -0.39 is 0 Å². The van der Waals surface area contributed by atoms with E-state index in [2.05, 4.69) is 13.8 Å². The highest BCUT2D eigenvalue weighted by Crippen LogP contribution is 2.29. The molecule has 0 aromatic heterocycles. The fourth-order valence-electron chi connectivity index (χ4n) is 2.90. The van der Waals surface area contributed by atoms with Crippen LogP contribution in [0.4, 0.5) is 0 Å². The monoisotopic (exact) mass is 258 g/mol. The molecule has 0 aliphatic rings. The van der Waals surface area contributed by atoms with Gasteiger partial charge in [-0.2, -0.15) is 0 Å². The standard InChI is InChI=1S/C16H34O2/c1-5-15(11-7-9-13(3)17)16(6-2)12-8-10-14(4)18/h13-18H,5-12H2,1-4H3. The van der Waals surface area contributed by atoms with Gasteiger partial charge in [0.15, 0.2) is 0 Å².